The highest BCUT2D eigenvalue weighted by atomic mass is 16.6. The molecule has 0 heterocycles. The minimum absolute atomic E-state index is 0.300. The van der Waals surface area contributed by atoms with E-state index in [1.807, 2.05) is 45.0 Å². The number of hydrogen-bond donors (Lipinski definition) is 2. The number of carbonyl (C=O) groups is 1. The van der Waals surface area contributed by atoms with Crippen LogP contribution in [0.3, 0.4) is 0 Å². The fraction of sp³-hybridized carbons (Fsp3) is 0.533. The Morgan fingerprint density at radius 1 is 1.29 bits per heavy atom. The Morgan fingerprint density at radius 2 is 1.90 bits per heavy atom. The first kappa shape index (κ1) is 17.3. The van der Waals surface area contributed by atoms with Gasteiger partial charge in [0.2, 0.25) is 0 Å². The summed E-state index contributed by atoms with van der Waals surface area (Å²) < 4.78 is 10.2. The van der Waals surface area contributed by atoms with Gasteiger partial charge in [0.25, 0.3) is 0 Å². The maximum atomic E-state index is 11.5. The van der Waals surface area contributed by atoms with Crippen LogP contribution in [-0.2, 0) is 9.57 Å². The monoisotopic (exact) mass is 296 g/mol. The van der Waals surface area contributed by atoms with E-state index in [9.17, 15) is 4.79 Å². The summed E-state index contributed by atoms with van der Waals surface area (Å²) in [6, 6.07) is 7.43. The summed E-state index contributed by atoms with van der Waals surface area (Å²) >= 11 is 0. The molecule has 6 heteroatoms. The highest BCUT2D eigenvalue weighted by molar-refractivity contribution is 5.67. The average Bonchev–Trinajstić information content (AvgIpc) is 2.42. The molecule has 1 amide bonds. The van der Waals surface area contributed by atoms with Gasteiger partial charge in [0.15, 0.2) is 0 Å². The SMILES string of the molecule is COc1ccc(C(CCNC(=O)OC(C)(C)C)ON)cc1. The van der Waals surface area contributed by atoms with Crippen LogP contribution >= 0.6 is 0 Å². The van der Waals surface area contributed by atoms with E-state index < -0.39 is 11.7 Å². The van der Waals surface area contributed by atoms with Gasteiger partial charge in [-0.2, -0.15) is 0 Å². The van der Waals surface area contributed by atoms with E-state index in [0.29, 0.717) is 13.0 Å². The summed E-state index contributed by atoms with van der Waals surface area (Å²) in [5.74, 6) is 6.08. The second kappa shape index (κ2) is 7.85. The minimum Gasteiger partial charge on any atom is -0.497 e. The summed E-state index contributed by atoms with van der Waals surface area (Å²) in [6.07, 6.45) is -0.207. The van der Waals surface area contributed by atoms with Crippen molar-refractivity contribution in [1.29, 1.82) is 0 Å². The second-order valence-corrected chi connectivity index (χ2v) is 5.62. The topological polar surface area (TPSA) is 82.8 Å². The van der Waals surface area contributed by atoms with Crippen LogP contribution in [0.5, 0.6) is 5.75 Å². The second-order valence-electron chi connectivity index (χ2n) is 5.62. The summed E-state index contributed by atoms with van der Waals surface area (Å²) in [6.45, 7) is 5.85. The predicted molar refractivity (Wildman–Crippen MR) is 79.9 cm³/mol. The van der Waals surface area contributed by atoms with Gasteiger partial charge in [-0.25, -0.2) is 10.7 Å². The fourth-order valence-electron chi connectivity index (χ4n) is 1.75. The lowest BCUT2D eigenvalue weighted by Crippen LogP contribution is -2.33. The maximum absolute atomic E-state index is 11.5. The Morgan fingerprint density at radius 3 is 2.38 bits per heavy atom. The van der Waals surface area contributed by atoms with Gasteiger partial charge in [0.1, 0.15) is 17.5 Å². The molecule has 1 rings (SSSR count). The van der Waals surface area contributed by atoms with Crippen LogP contribution in [0.4, 0.5) is 4.79 Å². The molecule has 1 aromatic carbocycles. The molecule has 21 heavy (non-hydrogen) atoms. The lowest BCUT2D eigenvalue weighted by molar-refractivity contribution is 0.0398. The molecule has 0 saturated carbocycles. The number of carbonyl (C=O) groups excluding carboxylic acids is 1. The van der Waals surface area contributed by atoms with Crippen LogP contribution in [0.1, 0.15) is 38.9 Å². The normalized spacial score (nSPS) is 12.6. The van der Waals surface area contributed by atoms with Gasteiger partial charge in [0.05, 0.1) is 7.11 Å². The van der Waals surface area contributed by atoms with E-state index in [1.165, 1.54) is 0 Å². The van der Waals surface area contributed by atoms with E-state index in [0.717, 1.165) is 11.3 Å². The van der Waals surface area contributed by atoms with E-state index in [1.54, 1.807) is 7.11 Å². The van der Waals surface area contributed by atoms with Gasteiger partial charge < -0.3 is 14.8 Å². The molecule has 0 aliphatic carbocycles. The molecule has 0 saturated heterocycles. The van der Waals surface area contributed by atoms with E-state index >= 15 is 0 Å². The number of benzene rings is 1. The molecule has 0 aromatic heterocycles. The molecule has 0 aliphatic heterocycles. The largest absolute Gasteiger partial charge is 0.497 e. The Hall–Kier alpha value is -1.79. The third-order valence-electron chi connectivity index (χ3n) is 2.73. The van der Waals surface area contributed by atoms with E-state index in [4.69, 9.17) is 20.2 Å². The number of methoxy groups -OCH3 is 1. The summed E-state index contributed by atoms with van der Waals surface area (Å²) in [7, 11) is 1.61. The van der Waals surface area contributed by atoms with Crippen molar-refractivity contribution in [3.05, 3.63) is 29.8 Å². The lowest BCUT2D eigenvalue weighted by Gasteiger charge is -2.20. The molecule has 3 N–H and O–H groups in total. The first-order valence-corrected chi connectivity index (χ1v) is 6.82. The van der Waals surface area contributed by atoms with Crippen molar-refractivity contribution >= 4 is 6.09 Å². The van der Waals surface area contributed by atoms with Crippen LogP contribution < -0.4 is 16.0 Å². The molecule has 118 valence electrons. The van der Waals surface area contributed by atoms with Crippen molar-refractivity contribution < 1.29 is 19.1 Å². The molecule has 1 atom stereocenters. The molecule has 0 bridgehead atoms. The number of alkyl carbamates (subject to hydrolysis) is 1. The van der Waals surface area contributed by atoms with E-state index in [2.05, 4.69) is 5.32 Å². The van der Waals surface area contributed by atoms with Crippen molar-refractivity contribution in [2.24, 2.45) is 5.90 Å². The van der Waals surface area contributed by atoms with Gasteiger partial charge in [-0.1, -0.05) is 12.1 Å². The van der Waals surface area contributed by atoms with Crippen LogP contribution in [0.2, 0.25) is 0 Å². The van der Waals surface area contributed by atoms with Crippen molar-refractivity contribution in [1.82, 2.24) is 5.32 Å². The minimum atomic E-state index is -0.510. The number of ether oxygens (including phenoxy) is 2. The van der Waals surface area contributed by atoms with Gasteiger partial charge in [-0.15, -0.1) is 0 Å². The van der Waals surface area contributed by atoms with Crippen molar-refractivity contribution in [3.63, 3.8) is 0 Å². The number of hydrogen-bond acceptors (Lipinski definition) is 5. The van der Waals surface area contributed by atoms with Crippen LogP contribution in [-0.4, -0.2) is 25.3 Å². The lowest BCUT2D eigenvalue weighted by atomic mass is 10.1. The quantitative estimate of drug-likeness (QED) is 0.788. The van der Waals surface area contributed by atoms with Crippen molar-refractivity contribution in [2.45, 2.75) is 38.9 Å². The molecule has 1 unspecified atom stereocenters. The predicted octanol–water partition coefficient (Wildman–Crippen LogP) is 2.54. The van der Waals surface area contributed by atoms with Crippen LogP contribution in [0.25, 0.3) is 0 Å². The highest BCUT2D eigenvalue weighted by Crippen LogP contribution is 2.21. The number of nitrogens with two attached hydrogens (primary N) is 1. The molecular formula is C15H24N2O4. The van der Waals surface area contributed by atoms with Gasteiger partial charge in [-0.3, -0.25) is 4.84 Å². The Balaban J connectivity index is 2.45. The molecule has 0 spiro atoms. The first-order chi connectivity index (χ1) is 9.85. The summed E-state index contributed by atoms with van der Waals surface area (Å²) in [4.78, 5) is 16.5. The molecule has 6 nitrogen and oxygen atoms in total. The number of rotatable bonds is 6. The molecule has 0 aliphatic rings. The zero-order chi connectivity index (χ0) is 15.9. The molecule has 0 fully saturated rings. The third-order valence-corrected chi connectivity index (χ3v) is 2.73. The molecular weight excluding hydrogens is 272 g/mol. The summed E-state index contributed by atoms with van der Waals surface area (Å²) in [5.41, 5.74) is 0.411. The van der Waals surface area contributed by atoms with Gasteiger partial charge in [-0.05, 0) is 44.9 Å². The van der Waals surface area contributed by atoms with Crippen molar-refractivity contribution in [3.8, 4) is 5.75 Å². The molecule has 0 radical (unpaired) electrons. The molecule has 1 aromatic rings. The summed E-state index contributed by atoms with van der Waals surface area (Å²) in [5, 5.41) is 2.67. The van der Waals surface area contributed by atoms with Crippen LogP contribution in [0.15, 0.2) is 24.3 Å². The third kappa shape index (κ3) is 6.46. The standard InChI is InChI=1S/C15H24N2O4/c1-15(2,3)20-14(18)17-10-9-13(21-16)11-5-7-12(19-4)8-6-11/h5-8,13H,9-10,16H2,1-4H3,(H,17,18). The van der Waals surface area contributed by atoms with E-state index in [-0.39, 0.29) is 6.10 Å². The zero-order valence-electron chi connectivity index (χ0n) is 13.0. The number of amides is 1. The number of nitrogens with one attached hydrogen (secondary N) is 1. The zero-order valence-corrected chi connectivity index (χ0v) is 13.0. The van der Waals surface area contributed by atoms with Crippen LogP contribution in [0, 0.1) is 0 Å². The smallest absolute Gasteiger partial charge is 0.407 e. The maximum Gasteiger partial charge on any atom is 0.407 e. The average molecular weight is 296 g/mol. The van der Waals surface area contributed by atoms with Gasteiger partial charge in [0, 0.05) is 6.54 Å². The Kier molecular flexibility index (Phi) is 6.45. The first-order valence-electron chi connectivity index (χ1n) is 6.82. The fourth-order valence-corrected chi connectivity index (χ4v) is 1.75. The highest BCUT2D eigenvalue weighted by Gasteiger charge is 2.17. The van der Waals surface area contributed by atoms with Crippen molar-refractivity contribution in [2.75, 3.05) is 13.7 Å². The Labute approximate surface area is 125 Å². The van der Waals surface area contributed by atoms with Gasteiger partial charge >= 0.3 is 6.09 Å². The Bertz CT molecular complexity index is 440.